The van der Waals surface area contributed by atoms with E-state index in [0.717, 1.165) is 28.1 Å². The summed E-state index contributed by atoms with van der Waals surface area (Å²) in [4.78, 5) is 27.9. The van der Waals surface area contributed by atoms with Gasteiger partial charge in [-0.1, -0.05) is 54.4 Å². The van der Waals surface area contributed by atoms with Gasteiger partial charge in [-0.3, -0.25) is 13.9 Å². The highest BCUT2D eigenvalue weighted by Gasteiger charge is 2.31. The second-order valence-electron chi connectivity index (χ2n) is 8.70. The van der Waals surface area contributed by atoms with Gasteiger partial charge >= 0.3 is 0 Å². The lowest BCUT2D eigenvalue weighted by Gasteiger charge is -2.32. The first-order valence-electron chi connectivity index (χ1n) is 11.2. The van der Waals surface area contributed by atoms with Gasteiger partial charge in [-0.15, -0.1) is 0 Å². The van der Waals surface area contributed by atoms with E-state index in [-0.39, 0.29) is 18.5 Å². The summed E-state index contributed by atoms with van der Waals surface area (Å²) in [6.45, 7) is 8.94. The van der Waals surface area contributed by atoms with Crippen LogP contribution >= 0.6 is 11.6 Å². The summed E-state index contributed by atoms with van der Waals surface area (Å²) < 4.78 is 26.4. The maximum Gasteiger partial charge on any atom is 0.244 e. The van der Waals surface area contributed by atoms with E-state index in [2.05, 4.69) is 5.32 Å². The second kappa shape index (κ2) is 11.7. The summed E-state index contributed by atoms with van der Waals surface area (Å²) in [6, 6.07) is 11.7. The number of nitrogens with one attached hydrogen (secondary N) is 1. The van der Waals surface area contributed by atoms with Gasteiger partial charge < -0.3 is 10.2 Å². The average molecular weight is 508 g/mol. The molecule has 2 rings (SSSR count). The predicted molar refractivity (Wildman–Crippen MR) is 137 cm³/mol. The fraction of sp³-hybridized carbons (Fsp3) is 0.440. The molecule has 34 heavy (non-hydrogen) atoms. The van der Waals surface area contributed by atoms with Crippen LogP contribution in [0.15, 0.2) is 42.5 Å². The van der Waals surface area contributed by atoms with Gasteiger partial charge in [0.05, 0.1) is 11.9 Å². The lowest BCUT2D eigenvalue weighted by Crippen LogP contribution is -2.52. The molecule has 0 aliphatic heterocycles. The molecule has 0 fully saturated rings. The fourth-order valence-electron chi connectivity index (χ4n) is 3.38. The third-order valence-corrected chi connectivity index (χ3v) is 7.12. The molecule has 0 unspecified atom stereocenters. The summed E-state index contributed by atoms with van der Waals surface area (Å²) in [5.74, 6) is -0.781. The molecule has 0 aliphatic rings. The zero-order valence-electron chi connectivity index (χ0n) is 20.6. The number of nitrogens with zero attached hydrogens (tertiary/aromatic N) is 2. The van der Waals surface area contributed by atoms with Crippen molar-refractivity contribution in [3.63, 3.8) is 0 Å². The lowest BCUT2D eigenvalue weighted by molar-refractivity contribution is -0.139. The Morgan fingerprint density at radius 1 is 1.06 bits per heavy atom. The third kappa shape index (κ3) is 7.46. The number of amides is 2. The van der Waals surface area contributed by atoms with Crippen molar-refractivity contribution in [2.45, 2.75) is 59.7 Å². The number of halogens is 1. The smallest absolute Gasteiger partial charge is 0.244 e. The topological polar surface area (TPSA) is 86.8 Å². The van der Waals surface area contributed by atoms with Gasteiger partial charge in [0.1, 0.15) is 12.6 Å². The van der Waals surface area contributed by atoms with Crippen molar-refractivity contribution in [2.75, 3.05) is 17.1 Å². The molecular formula is C25H34ClN3O4S. The molecule has 186 valence electrons. The zero-order valence-corrected chi connectivity index (χ0v) is 22.2. The molecule has 0 radical (unpaired) electrons. The highest BCUT2D eigenvalue weighted by Crippen LogP contribution is 2.26. The van der Waals surface area contributed by atoms with Crippen molar-refractivity contribution in [1.29, 1.82) is 0 Å². The maximum absolute atomic E-state index is 13.5. The van der Waals surface area contributed by atoms with Gasteiger partial charge in [0.2, 0.25) is 21.8 Å². The summed E-state index contributed by atoms with van der Waals surface area (Å²) in [5, 5.41) is 3.27. The van der Waals surface area contributed by atoms with Gasteiger partial charge in [0, 0.05) is 17.6 Å². The number of hydrogen-bond acceptors (Lipinski definition) is 4. The van der Waals surface area contributed by atoms with Crippen LogP contribution in [0.25, 0.3) is 0 Å². The minimum Gasteiger partial charge on any atom is -0.352 e. The summed E-state index contributed by atoms with van der Waals surface area (Å²) in [6.07, 6.45) is 1.80. The number of sulfonamides is 1. The molecule has 2 aromatic carbocycles. The van der Waals surface area contributed by atoms with Gasteiger partial charge in [-0.25, -0.2) is 8.42 Å². The Morgan fingerprint density at radius 2 is 1.68 bits per heavy atom. The fourth-order valence-corrected chi connectivity index (χ4v) is 4.45. The molecule has 9 heteroatoms. The van der Waals surface area contributed by atoms with Crippen LogP contribution in [0.3, 0.4) is 0 Å². The van der Waals surface area contributed by atoms with Gasteiger partial charge in [-0.2, -0.15) is 0 Å². The Morgan fingerprint density at radius 3 is 2.24 bits per heavy atom. The molecule has 0 saturated carbocycles. The molecule has 1 N–H and O–H groups in total. The quantitative estimate of drug-likeness (QED) is 0.525. The highest BCUT2D eigenvalue weighted by molar-refractivity contribution is 7.92. The number of rotatable bonds is 10. The SMILES string of the molecule is CC[C@H](C)NC(=O)[C@@H](C)N(Cc1ccc(C)cc1)C(=O)CN(c1cc(Cl)ccc1C)S(C)(=O)=O. The Labute approximate surface area is 208 Å². The average Bonchev–Trinajstić information content (AvgIpc) is 2.77. The first kappa shape index (κ1) is 27.7. The first-order valence-corrected chi connectivity index (χ1v) is 13.4. The van der Waals surface area contributed by atoms with Crippen molar-refractivity contribution < 1.29 is 18.0 Å². The van der Waals surface area contributed by atoms with Crippen LogP contribution in [0, 0.1) is 13.8 Å². The lowest BCUT2D eigenvalue weighted by atomic mass is 10.1. The van der Waals surface area contributed by atoms with E-state index in [9.17, 15) is 18.0 Å². The molecule has 0 aromatic heterocycles. The third-order valence-electron chi connectivity index (χ3n) is 5.76. The summed E-state index contributed by atoms with van der Waals surface area (Å²) >= 11 is 6.11. The molecular weight excluding hydrogens is 474 g/mol. The minimum atomic E-state index is -3.81. The molecule has 0 heterocycles. The number of carbonyl (C=O) groups excluding carboxylic acids is 2. The van der Waals surface area contributed by atoms with Crippen LogP contribution in [0.4, 0.5) is 5.69 Å². The Bertz CT molecular complexity index is 1120. The molecule has 0 spiro atoms. The van der Waals surface area contributed by atoms with E-state index in [1.165, 1.54) is 11.0 Å². The molecule has 0 aliphatic carbocycles. The monoisotopic (exact) mass is 507 g/mol. The highest BCUT2D eigenvalue weighted by atomic mass is 35.5. The summed E-state index contributed by atoms with van der Waals surface area (Å²) in [5.41, 5.74) is 2.90. The van der Waals surface area contributed by atoms with E-state index in [1.807, 2.05) is 45.0 Å². The standard InChI is InChI=1S/C25H34ClN3O4S/c1-7-19(4)27-25(31)20(5)28(15-21-11-8-17(2)9-12-21)24(30)16-29(34(6,32)33)23-14-22(26)13-10-18(23)3/h8-14,19-20H,7,15-16H2,1-6H3,(H,27,31)/t19-,20+/m0/s1. The number of benzene rings is 2. The largest absolute Gasteiger partial charge is 0.352 e. The molecule has 2 atom stereocenters. The van der Waals surface area contributed by atoms with E-state index in [4.69, 9.17) is 11.6 Å². The van der Waals surface area contributed by atoms with Crippen molar-refractivity contribution >= 4 is 39.1 Å². The van der Waals surface area contributed by atoms with Crippen LogP contribution in [0.5, 0.6) is 0 Å². The second-order valence-corrected chi connectivity index (χ2v) is 11.0. The Hall–Kier alpha value is -2.58. The van der Waals surface area contributed by atoms with E-state index in [1.54, 1.807) is 26.0 Å². The van der Waals surface area contributed by atoms with E-state index in [0.29, 0.717) is 16.3 Å². The first-order chi connectivity index (χ1) is 15.8. The molecule has 2 amide bonds. The number of aryl methyl sites for hydroxylation is 2. The van der Waals surface area contributed by atoms with Crippen molar-refractivity contribution in [3.05, 3.63) is 64.2 Å². The Kier molecular flexibility index (Phi) is 9.53. The van der Waals surface area contributed by atoms with E-state index < -0.39 is 28.5 Å². The van der Waals surface area contributed by atoms with Crippen LogP contribution in [-0.4, -0.2) is 50.0 Å². The number of hydrogen-bond donors (Lipinski definition) is 1. The number of anilines is 1. The molecule has 7 nitrogen and oxygen atoms in total. The summed E-state index contributed by atoms with van der Waals surface area (Å²) in [7, 11) is -3.81. The number of carbonyl (C=O) groups is 2. The Balaban J connectivity index is 2.42. The minimum absolute atomic E-state index is 0.0482. The van der Waals surface area contributed by atoms with Gasteiger partial charge in [-0.05, 0) is 57.4 Å². The predicted octanol–water partition coefficient (Wildman–Crippen LogP) is 4.05. The molecule has 0 saturated heterocycles. The van der Waals surface area contributed by atoms with Crippen LogP contribution in [0.1, 0.15) is 43.9 Å². The zero-order chi connectivity index (χ0) is 25.6. The van der Waals surface area contributed by atoms with Crippen LogP contribution in [-0.2, 0) is 26.2 Å². The maximum atomic E-state index is 13.5. The van der Waals surface area contributed by atoms with Gasteiger partial charge in [0.25, 0.3) is 0 Å². The molecule has 2 aromatic rings. The van der Waals surface area contributed by atoms with Crippen molar-refractivity contribution in [3.8, 4) is 0 Å². The molecule has 0 bridgehead atoms. The van der Waals surface area contributed by atoms with Gasteiger partial charge in [0.15, 0.2) is 0 Å². The van der Waals surface area contributed by atoms with Crippen LogP contribution in [0.2, 0.25) is 5.02 Å². The van der Waals surface area contributed by atoms with Crippen molar-refractivity contribution in [1.82, 2.24) is 10.2 Å². The van der Waals surface area contributed by atoms with Crippen LogP contribution < -0.4 is 9.62 Å². The normalized spacial score (nSPS) is 13.1. The van der Waals surface area contributed by atoms with Crippen molar-refractivity contribution in [2.24, 2.45) is 0 Å². The van der Waals surface area contributed by atoms with E-state index >= 15 is 0 Å².